The minimum absolute atomic E-state index is 0.494. The molecule has 2 aromatic carbocycles. The summed E-state index contributed by atoms with van der Waals surface area (Å²) in [5.74, 6) is 4.75. The van der Waals surface area contributed by atoms with Gasteiger partial charge in [-0.3, -0.25) is 0 Å². The summed E-state index contributed by atoms with van der Waals surface area (Å²) < 4.78 is 0. The Hall–Kier alpha value is -0.390. The molecule has 2 N–H and O–H groups in total. The van der Waals surface area contributed by atoms with Gasteiger partial charge in [-0.25, -0.2) is 0 Å². The zero-order valence-corrected chi connectivity index (χ0v) is 30.8. The molecule has 0 amide bonds. The first kappa shape index (κ1) is 30.6. The van der Waals surface area contributed by atoms with Gasteiger partial charge in [-0.05, 0) is 0 Å². The predicted molar refractivity (Wildman–Crippen MR) is 175 cm³/mol. The second-order valence-electron chi connectivity index (χ2n) is 13.7. The number of aryl methyl sites for hydroxylation is 2. The standard InChI is InChI=1S/C36H52O2S2.Hf/c1-25-19-29(35(37)31(21-25)27-13-7-5-8-14-27)23-39-33-17-11-3-4-12-18-34(33)40-24-30-20-26(2)22-32(36(30)38)28-15-9-6-10-16-28;/h19-22,27-28,33-34,37-38H,3-18,23-24H2,1-2H3;/t33-,34-;/m0./s1. The van der Waals surface area contributed by atoms with Gasteiger partial charge in [-0.2, -0.15) is 0 Å². The number of fused-ring (bicyclic) bond motifs is 1. The fraction of sp³-hybridized carbons (Fsp3) is 0.667. The third-order valence-electron chi connectivity index (χ3n) is 10.5. The maximum atomic E-state index is 11.6. The Morgan fingerprint density at radius 1 is 0.561 bits per heavy atom. The van der Waals surface area contributed by atoms with E-state index in [1.165, 1.54) is 136 Å². The molecule has 6 rings (SSSR count). The Morgan fingerprint density at radius 2 is 0.927 bits per heavy atom. The van der Waals surface area contributed by atoms with E-state index in [1.54, 1.807) is 0 Å². The van der Waals surface area contributed by atoms with Gasteiger partial charge in [0.05, 0.1) is 0 Å². The first-order valence-electron chi connectivity index (χ1n) is 16.8. The fourth-order valence-corrected chi connectivity index (χ4v) is 47.4. The van der Waals surface area contributed by atoms with Crippen LogP contribution in [0.25, 0.3) is 0 Å². The first-order valence-corrected chi connectivity index (χ1v) is 28.5. The number of rotatable bonds is 6. The number of benzene rings is 2. The van der Waals surface area contributed by atoms with E-state index in [-0.39, 0.29) is 0 Å². The van der Waals surface area contributed by atoms with Gasteiger partial charge < -0.3 is 0 Å². The van der Waals surface area contributed by atoms with Crippen LogP contribution < -0.4 is 0 Å². The molecule has 2 unspecified atom stereocenters. The average Bonchev–Trinajstić information content (AvgIpc) is 3.26. The molecule has 224 valence electrons. The molecule has 5 heteroatoms. The molecule has 0 bridgehead atoms. The summed E-state index contributed by atoms with van der Waals surface area (Å²) in [5.41, 5.74) is 7.80. The van der Waals surface area contributed by atoms with E-state index in [0.29, 0.717) is 37.7 Å². The van der Waals surface area contributed by atoms with Gasteiger partial charge in [0, 0.05) is 0 Å². The Balaban J connectivity index is 1.34. The topological polar surface area (TPSA) is 40.5 Å². The van der Waals surface area contributed by atoms with Crippen molar-refractivity contribution in [1.29, 1.82) is 0 Å². The van der Waals surface area contributed by atoms with Gasteiger partial charge in [0.15, 0.2) is 0 Å². The van der Waals surface area contributed by atoms with Gasteiger partial charge in [-0.1, -0.05) is 0 Å². The van der Waals surface area contributed by atoms with Crippen molar-refractivity contribution < 1.29 is 29.1 Å². The molecule has 4 atom stereocenters. The Labute approximate surface area is 261 Å². The number of aromatic hydroxyl groups is 2. The second-order valence-corrected chi connectivity index (χ2v) is 34.6. The van der Waals surface area contributed by atoms with E-state index in [9.17, 15) is 10.2 Å². The summed E-state index contributed by atoms with van der Waals surface area (Å²) in [6, 6.07) is 9.30. The quantitative estimate of drug-likeness (QED) is 0.288. The minimum atomic E-state index is -0.965. The molecule has 2 nitrogen and oxygen atoms in total. The van der Waals surface area contributed by atoms with Gasteiger partial charge in [0.25, 0.3) is 0 Å². The average molecular weight is 759 g/mol. The van der Waals surface area contributed by atoms with Crippen molar-refractivity contribution in [1.82, 2.24) is 0 Å². The van der Waals surface area contributed by atoms with Crippen molar-refractivity contribution in [2.45, 2.75) is 150 Å². The van der Waals surface area contributed by atoms with Crippen LogP contribution in [0.3, 0.4) is 0 Å². The zero-order valence-electron chi connectivity index (χ0n) is 25.6. The third kappa shape index (κ3) is 7.14. The molecule has 3 aliphatic carbocycles. The molecule has 0 radical (unpaired) electrons. The molecule has 3 saturated carbocycles. The van der Waals surface area contributed by atoms with Crippen LogP contribution in [0.4, 0.5) is 0 Å². The van der Waals surface area contributed by atoms with Crippen molar-refractivity contribution in [3.05, 3.63) is 57.6 Å². The Morgan fingerprint density at radius 3 is 1.34 bits per heavy atom. The van der Waals surface area contributed by atoms with Gasteiger partial charge in [0.1, 0.15) is 0 Å². The van der Waals surface area contributed by atoms with Crippen LogP contribution in [-0.2, 0) is 30.4 Å². The van der Waals surface area contributed by atoms with E-state index < -0.39 is 18.9 Å². The Bertz CT molecular complexity index is 1220. The van der Waals surface area contributed by atoms with E-state index in [2.05, 4.69) is 38.1 Å². The SMILES string of the molecule is Cc1cc(C[S]2=[Hf]=[S](Cc3cc(C)cc(C4CCCCC4)c3O)[C@H]3CCCCCC[C@@H]32)c(O)c(C2CCCCC2)c1. The summed E-state index contributed by atoms with van der Waals surface area (Å²) in [5, 5.41) is 25.0. The molecule has 4 aliphatic rings. The Kier molecular flexibility index (Phi) is 10.6. The van der Waals surface area contributed by atoms with Crippen LogP contribution in [0.5, 0.6) is 11.5 Å². The van der Waals surface area contributed by atoms with Crippen molar-refractivity contribution >= 4 is 14.4 Å². The number of hydrogen-bond donors (Lipinski definition) is 2. The van der Waals surface area contributed by atoms with Crippen LogP contribution in [0.1, 0.15) is 148 Å². The summed E-state index contributed by atoms with van der Waals surface area (Å²) in [4.78, 5) is 0. The molecule has 0 aromatic heterocycles. The summed E-state index contributed by atoms with van der Waals surface area (Å²) >= 11 is -0.965. The van der Waals surface area contributed by atoms with Crippen molar-refractivity contribution in [3.63, 3.8) is 0 Å². The normalized spacial score (nSPS) is 27.9. The molecule has 1 aliphatic heterocycles. The molecule has 0 saturated heterocycles. The molecule has 41 heavy (non-hydrogen) atoms. The summed E-state index contributed by atoms with van der Waals surface area (Å²) in [6.07, 6.45) is 21.4. The molecule has 3 fully saturated rings. The molecule has 1 heterocycles. The predicted octanol–water partition coefficient (Wildman–Crippen LogP) is 11.1. The van der Waals surface area contributed by atoms with Gasteiger partial charge >= 0.3 is 263 Å². The molecular weight excluding hydrogens is 707 g/mol. The monoisotopic (exact) mass is 760 g/mol. The van der Waals surface area contributed by atoms with E-state index in [0.717, 1.165) is 22.0 Å². The second kappa shape index (κ2) is 14.1. The summed E-state index contributed by atoms with van der Waals surface area (Å²) in [6.45, 7) is 4.51. The number of hydrogen-bond acceptors (Lipinski definition) is 2. The van der Waals surface area contributed by atoms with Crippen LogP contribution >= 0.6 is 14.4 Å². The summed E-state index contributed by atoms with van der Waals surface area (Å²) in [7, 11) is 0.989. The van der Waals surface area contributed by atoms with Gasteiger partial charge in [-0.15, -0.1) is 0 Å². The van der Waals surface area contributed by atoms with Gasteiger partial charge in [0.2, 0.25) is 0 Å². The van der Waals surface area contributed by atoms with E-state index in [4.69, 9.17) is 0 Å². The van der Waals surface area contributed by atoms with Crippen molar-refractivity contribution in [2.24, 2.45) is 0 Å². The van der Waals surface area contributed by atoms with Crippen LogP contribution in [0.15, 0.2) is 24.3 Å². The van der Waals surface area contributed by atoms with Crippen molar-refractivity contribution in [2.75, 3.05) is 0 Å². The molecular formula is C36H52HfO2S2. The third-order valence-corrected chi connectivity index (χ3v) is 39.7. The van der Waals surface area contributed by atoms with Crippen LogP contribution in [0.2, 0.25) is 0 Å². The molecule has 0 spiro atoms. The molecule has 2 aromatic rings. The maximum absolute atomic E-state index is 11.6. The number of phenolic OH excluding ortho intramolecular Hbond substituents is 2. The number of phenols is 2. The first-order chi connectivity index (χ1) is 20.0. The van der Waals surface area contributed by atoms with Crippen LogP contribution in [0, 0.1) is 13.8 Å². The zero-order chi connectivity index (χ0) is 28.3. The van der Waals surface area contributed by atoms with E-state index >= 15 is 0 Å². The fourth-order valence-electron chi connectivity index (χ4n) is 8.37. The van der Waals surface area contributed by atoms with E-state index in [1.807, 2.05) is 0 Å². The van der Waals surface area contributed by atoms with Crippen LogP contribution in [-0.4, -0.2) is 20.7 Å². The van der Waals surface area contributed by atoms with Crippen molar-refractivity contribution in [3.8, 4) is 11.5 Å².